The molecule has 0 saturated heterocycles. The van der Waals surface area contributed by atoms with Crippen LogP contribution in [0.3, 0.4) is 0 Å². The summed E-state index contributed by atoms with van der Waals surface area (Å²) in [4.78, 5) is 43.7. The lowest BCUT2D eigenvalue weighted by atomic mass is 9.95. The molecule has 1 saturated carbocycles. The zero-order valence-corrected chi connectivity index (χ0v) is 20.2. The number of nitrogens with zero attached hydrogens (tertiary/aromatic N) is 2. The molecule has 0 atom stereocenters. The van der Waals surface area contributed by atoms with Crippen molar-refractivity contribution in [3.8, 4) is 5.75 Å². The number of rotatable bonds is 9. The molecule has 1 heterocycles. The van der Waals surface area contributed by atoms with Gasteiger partial charge in [-0.05, 0) is 51.0 Å². The van der Waals surface area contributed by atoms with Gasteiger partial charge in [-0.3, -0.25) is 14.4 Å². The van der Waals surface area contributed by atoms with Crippen LogP contribution in [0.25, 0.3) is 0 Å². The maximum absolute atomic E-state index is 12.9. The van der Waals surface area contributed by atoms with Crippen LogP contribution in [0.15, 0.2) is 29.6 Å². The van der Waals surface area contributed by atoms with Gasteiger partial charge in [-0.15, -0.1) is 11.3 Å². The Labute approximate surface area is 198 Å². The highest BCUT2D eigenvalue weighted by molar-refractivity contribution is 7.13. The van der Waals surface area contributed by atoms with Gasteiger partial charge in [0.2, 0.25) is 11.8 Å². The van der Waals surface area contributed by atoms with E-state index in [1.807, 2.05) is 13.8 Å². The fourth-order valence-corrected chi connectivity index (χ4v) is 4.56. The number of aromatic nitrogens is 1. The van der Waals surface area contributed by atoms with Crippen molar-refractivity contribution >= 4 is 34.2 Å². The highest BCUT2D eigenvalue weighted by Crippen LogP contribution is 2.19. The standard InChI is InChI=1S/C24H32N4O4S/c1-16(2)28(23(31)17-9-11-20(32-3)12-10-17)14-22(30)27-24-26-19(15-33-24)13-21(29)25-18-7-5-4-6-8-18/h9-12,15-16,18H,4-8,13-14H2,1-3H3,(H,25,29)(H,26,27,30). The van der Waals surface area contributed by atoms with E-state index in [0.717, 1.165) is 25.7 Å². The summed E-state index contributed by atoms with van der Waals surface area (Å²) in [5.74, 6) is 0.0497. The summed E-state index contributed by atoms with van der Waals surface area (Å²) in [7, 11) is 1.56. The van der Waals surface area contributed by atoms with E-state index in [0.29, 0.717) is 22.1 Å². The Morgan fingerprint density at radius 2 is 1.82 bits per heavy atom. The third kappa shape index (κ3) is 7.28. The minimum atomic E-state index is -0.335. The van der Waals surface area contributed by atoms with Crippen molar-refractivity contribution in [2.75, 3.05) is 19.0 Å². The quantitative estimate of drug-likeness (QED) is 0.580. The molecule has 178 valence electrons. The lowest BCUT2D eigenvalue weighted by molar-refractivity contribution is -0.121. The van der Waals surface area contributed by atoms with E-state index in [-0.39, 0.29) is 42.8 Å². The first-order valence-electron chi connectivity index (χ1n) is 11.3. The monoisotopic (exact) mass is 472 g/mol. The molecule has 0 radical (unpaired) electrons. The van der Waals surface area contributed by atoms with Gasteiger partial charge in [-0.1, -0.05) is 19.3 Å². The molecule has 33 heavy (non-hydrogen) atoms. The van der Waals surface area contributed by atoms with Gasteiger partial charge in [0.25, 0.3) is 5.91 Å². The van der Waals surface area contributed by atoms with Gasteiger partial charge in [0.05, 0.1) is 19.2 Å². The van der Waals surface area contributed by atoms with E-state index in [4.69, 9.17) is 4.74 Å². The molecule has 0 aliphatic heterocycles. The zero-order chi connectivity index (χ0) is 23.8. The summed E-state index contributed by atoms with van der Waals surface area (Å²) >= 11 is 1.27. The highest BCUT2D eigenvalue weighted by atomic mass is 32.1. The third-order valence-electron chi connectivity index (χ3n) is 5.65. The van der Waals surface area contributed by atoms with Crippen molar-refractivity contribution in [2.45, 2.75) is 64.5 Å². The highest BCUT2D eigenvalue weighted by Gasteiger charge is 2.22. The van der Waals surface area contributed by atoms with Gasteiger partial charge in [-0.25, -0.2) is 4.98 Å². The first kappa shape index (κ1) is 24.7. The number of nitrogens with one attached hydrogen (secondary N) is 2. The third-order valence-corrected chi connectivity index (χ3v) is 6.45. The number of amides is 3. The molecular formula is C24H32N4O4S. The van der Waals surface area contributed by atoms with E-state index < -0.39 is 0 Å². The lowest BCUT2D eigenvalue weighted by Crippen LogP contribution is -2.42. The average Bonchev–Trinajstić information content (AvgIpc) is 3.23. The van der Waals surface area contributed by atoms with Crippen molar-refractivity contribution in [3.63, 3.8) is 0 Å². The molecule has 1 aliphatic carbocycles. The molecule has 1 fully saturated rings. The average molecular weight is 473 g/mol. The van der Waals surface area contributed by atoms with E-state index in [9.17, 15) is 14.4 Å². The van der Waals surface area contributed by atoms with Gasteiger partial charge in [-0.2, -0.15) is 0 Å². The predicted molar refractivity (Wildman–Crippen MR) is 129 cm³/mol. The van der Waals surface area contributed by atoms with Crippen molar-refractivity contribution in [1.82, 2.24) is 15.2 Å². The second-order valence-corrected chi connectivity index (χ2v) is 9.38. The van der Waals surface area contributed by atoms with Crippen LogP contribution in [-0.4, -0.2) is 53.3 Å². The van der Waals surface area contributed by atoms with Crippen LogP contribution in [0.2, 0.25) is 0 Å². The Kier molecular flexibility index (Phi) is 8.82. The maximum Gasteiger partial charge on any atom is 0.254 e. The fraction of sp³-hybridized carbons (Fsp3) is 0.500. The topological polar surface area (TPSA) is 101 Å². The second kappa shape index (κ2) is 11.8. The van der Waals surface area contributed by atoms with Crippen LogP contribution in [0.1, 0.15) is 62.0 Å². The zero-order valence-electron chi connectivity index (χ0n) is 19.4. The molecule has 2 N–H and O–H groups in total. The molecule has 0 bridgehead atoms. The number of benzene rings is 1. The minimum absolute atomic E-state index is 0.0406. The summed E-state index contributed by atoms with van der Waals surface area (Å²) < 4.78 is 5.13. The Balaban J connectivity index is 1.53. The SMILES string of the molecule is COc1ccc(C(=O)N(CC(=O)Nc2nc(CC(=O)NC3CCCCC3)cs2)C(C)C)cc1. The first-order valence-corrected chi connectivity index (χ1v) is 12.2. The molecular weight excluding hydrogens is 440 g/mol. The smallest absolute Gasteiger partial charge is 0.254 e. The maximum atomic E-state index is 12.9. The summed E-state index contributed by atoms with van der Waals surface area (Å²) in [6, 6.07) is 6.88. The summed E-state index contributed by atoms with van der Waals surface area (Å²) in [6.45, 7) is 3.63. The lowest BCUT2D eigenvalue weighted by Gasteiger charge is -2.26. The number of anilines is 1. The number of carbonyl (C=O) groups is 3. The Morgan fingerprint density at radius 1 is 1.12 bits per heavy atom. The van der Waals surface area contributed by atoms with E-state index in [1.54, 1.807) is 36.8 Å². The molecule has 1 aliphatic rings. The second-order valence-electron chi connectivity index (χ2n) is 8.53. The van der Waals surface area contributed by atoms with Crippen LogP contribution in [0.5, 0.6) is 5.75 Å². The first-order chi connectivity index (χ1) is 15.9. The largest absolute Gasteiger partial charge is 0.497 e. The Hall–Kier alpha value is -2.94. The van der Waals surface area contributed by atoms with E-state index in [1.165, 1.54) is 22.7 Å². The number of ether oxygens (including phenoxy) is 1. The predicted octanol–water partition coefficient (Wildman–Crippen LogP) is 3.63. The summed E-state index contributed by atoms with van der Waals surface area (Å²) in [5.41, 5.74) is 1.11. The molecule has 1 aromatic carbocycles. The number of hydrogen-bond acceptors (Lipinski definition) is 6. The van der Waals surface area contributed by atoms with Crippen LogP contribution in [0, 0.1) is 0 Å². The van der Waals surface area contributed by atoms with Gasteiger partial charge in [0.15, 0.2) is 5.13 Å². The van der Waals surface area contributed by atoms with Gasteiger partial charge in [0.1, 0.15) is 12.3 Å². The van der Waals surface area contributed by atoms with E-state index in [2.05, 4.69) is 15.6 Å². The normalized spacial score (nSPS) is 14.1. The summed E-state index contributed by atoms with van der Waals surface area (Å²) in [6.07, 6.45) is 5.81. The van der Waals surface area contributed by atoms with Crippen molar-refractivity contribution < 1.29 is 19.1 Å². The van der Waals surface area contributed by atoms with Crippen LogP contribution in [-0.2, 0) is 16.0 Å². The molecule has 2 aromatic rings. The van der Waals surface area contributed by atoms with Crippen molar-refractivity contribution in [1.29, 1.82) is 0 Å². The molecule has 1 aromatic heterocycles. The van der Waals surface area contributed by atoms with Crippen molar-refractivity contribution in [2.24, 2.45) is 0 Å². The number of carbonyl (C=O) groups excluding carboxylic acids is 3. The summed E-state index contributed by atoms with van der Waals surface area (Å²) in [5, 5.41) is 8.02. The van der Waals surface area contributed by atoms with E-state index >= 15 is 0 Å². The van der Waals surface area contributed by atoms with Gasteiger partial charge in [0, 0.05) is 23.0 Å². The van der Waals surface area contributed by atoms with Crippen LogP contribution < -0.4 is 15.4 Å². The number of hydrogen-bond donors (Lipinski definition) is 2. The Bertz CT molecular complexity index is 952. The fourth-order valence-electron chi connectivity index (χ4n) is 3.84. The molecule has 3 rings (SSSR count). The van der Waals surface area contributed by atoms with Gasteiger partial charge >= 0.3 is 0 Å². The van der Waals surface area contributed by atoms with Gasteiger partial charge < -0.3 is 20.3 Å². The molecule has 3 amide bonds. The number of thiazole rings is 1. The Morgan fingerprint density at radius 3 is 2.45 bits per heavy atom. The minimum Gasteiger partial charge on any atom is -0.497 e. The number of methoxy groups -OCH3 is 1. The molecule has 9 heteroatoms. The molecule has 8 nitrogen and oxygen atoms in total. The molecule has 0 unspecified atom stereocenters. The van der Waals surface area contributed by atoms with Crippen LogP contribution in [0.4, 0.5) is 5.13 Å². The van der Waals surface area contributed by atoms with Crippen LogP contribution >= 0.6 is 11.3 Å². The van der Waals surface area contributed by atoms with Crippen molar-refractivity contribution in [3.05, 3.63) is 40.9 Å². The molecule has 0 spiro atoms.